The second kappa shape index (κ2) is 7.87. The highest BCUT2D eigenvalue weighted by Crippen LogP contribution is 2.35. The average molecular weight is 421 g/mol. The predicted octanol–water partition coefficient (Wildman–Crippen LogP) is 4.22. The Hall–Kier alpha value is -2.67. The van der Waals surface area contributed by atoms with Crippen LogP contribution >= 0.6 is 11.8 Å². The highest BCUT2D eigenvalue weighted by molar-refractivity contribution is 7.98. The number of rotatable bonds is 3. The number of aromatic nitrogens is 3. The Bertz CT molecular complexity index is 1180. The zero-order chi connectivity index (χ0) is 20.7. The average Bonchev–Trinajstić information content (AvgIpc) is 2.78. The van der Waals surface area contributed by atoms with Gasteiger partial charge in [-0.3, -0.25) is 14.6 Å². The SMILES string of the molecule is CSc1ccc(-c2c3c(nc4nc(N5CCCCC5)[nH]c(=O)c24)CCCC3=O)cc1. The van der Waals surface area contributed by atoms with Gasteiger partial charge in [0, 0.05) is 35.5 Å². The Kier molecular flexibility index (Phi) is 5.06. The van der Waals surface area contributed by atoms with Gasteiger partial charge in [-0.25, -0.2) is 4.98 Å². The van der Waals surface area contributed by atoms with E-state index in [9.17, 15) is 9.59 Å². The maximum absolute atomic E-state index is 13.3. The minimum absolute atomic E-state index is 0.0640. The van der Waals surface area contributed by atoms with Gasteiger partial charge in [0.05, 0.1) is 11.1 Å². The van der Waals surface area contributed by atoms with E-state index in [1.807, 2.05) is 30.5 Å². The fourth-order valence-electron chi connectivity index (χ4n) is 4.53. The van der Waals surface area contributed by atoms with Crippen LogP contribution in [0.2, 0.25) is 0 Å². The molecule has 0 radical (unpaired) electrons. The van der Waals surface area contributed by atoms with Crippen LogP contribution in [0.1, 0.15) is 48.2 Å². The van der Waals surface area contributed by atoms with Crippen LogP contribution in [-0.4, -0.2) is 40.1 Å². The number of Topliss-reactive ketones (excluding diaryl/α,β-unsaturated/α-hetero) is 1. The number of anilines is 1. The van der Waals surface area contributed by atoms with Crippen LogP contribution < -0.4 is 10.5 Å². The third-order valence-electron chi connectivity index (χ3n) is 6.05. The van der Waals surface area contributed by atoms with Crippen LogP contribution in [0.15, 0.2) is 34.0 Å². The number of hydrogen-bond acceptors (Lipinski definition) is 6. The van der Waals surface area contributed by atoms with E-state index >= 15 is 0 Å². The summed E-state index contributed by atoms with van der Waals surface area (Å²) in [6.45, 7) is 1.78. The third kappa shape index (κ3) is 3.31. The fourth-order valence-corrected chi connectivity index (χ4v) is 4.94. The molecule has 0 unspecified atom stereocenters. The number of carbonyl (C=O) groups is 1. The Morgan fingerprint density at radius 2 is 1.70 bits per heavy atom. The van der Waals surface area contributed by atoms with Crippen molar-refractivity contribution < 1.29 is 4.79 Å². The van der Waals surface area contributed by atoms with Crippen molar-refractivity contribution in [2.75, 3.05) is 24.2 Å². The minimum Gasteiger partial charge on any atom is -0.342 e. The molecular formula is C23H24N4O2S. The highest BCUT2D eigenvalue weighted by Gasteiger charge is 2.28. The molecule has 1 aliphatic carbocycles. The fraction of sp³-hybridized carbons (Fsp3) is 0.391. The zero-order valence-electron chi connectivity index (χ0n) is 17.0. The Balaban J connectivity index is 1.77. The number of fused-ring (bicyclic) bond motifs is 2. The van der Waals surface area contributed by atoms with E-state index in [0.717, 1.165) is 54.9 Å². The number of piperidine rings is 1. The number of H-pyrrole nitrogens is 1. The summed E-state index contributed by atoms with van der Waals surface area (Å²) in [6, 6.07) is 8.02. The van der Waals surface area contributed by atoms with Crippen molar-refractivity contribution >= 4 is 34.5 Å². The number of pyridine rings is 1. The summed E-state index contributed by atoms with van der Waals surface area (Å²) >= 11 is 1.66. The molecule has 1 saturated heterocycles. The largest absolute Gasteiger partial charge is 0.342 e. The first-order valence-electron chi connectivity index (χ1n) is 10.5. The lowest BCUT2D eigenvalue weighted by atomic mass is 9.87. The summed E-state index contributed by atoms with van der Waals surface area (Å²) in [7, 11) is 0. The van der Waals surface area contributed by atoms with Gasteiger partial charge in [-0.15, -0.1) is 11.8 Å². The van der Waals surface area contributed by atoms with E-state index < -0.39 is 0 Å². The van der Waals surface area contributed by atoms with E-state index in [-0.39, 0.29) is 11.3 Å². The molecular weight excluding hydrogens is 396 g/mol. The number of thioether (sulfide) groups is 1. The summed E-state index contributed by atoms with van der Waals surface area (Å²) < 4.78 is 0. The molecule has 0 bridgehead atoms. The standard InChI is InChI=1S/C23H24N4O2S/c1-30-15-10-8-14(9-11-15)18-19-16(6-5-7-17(19)28)24-21-20(18)22(29)26-23(25-21)27-12-3-2-4-13-27/h8-11H,2-7,12-13H2,1H3,(H,24,25,26,29). The van der Waals surface area contributed by atoms with Gasteiger partial charge < -0.3 is 4.90 Å². The van der Waals surface area contributed by atoms with Crippen LogP contribution in [0.4, 0.5) is 5.95 Å². The number of nitrogens with zero attached hydrogens (tertiary/aromatic N) is 3. The van der Waals surface area contributed by atoms with Gasteiger partial charge in [-0.2, -0.15) is 4.98 Å². The molecule has 2 aliphatic rings. The van der Waals surface area contributed by atoms with Gasteiger partial charge in [0.15, 0.2) is 11.4 Å². The van der Waals surface area contributed by atoms with Crippen molar-refractivity contribution in [1.82, 2.24) is 15.0 Å². The van der Waals surface area contributed by atoms with E-state index in [2.05, 4.69) is 9.88 Å². The van der Waals surface area contributed by atoms with E-state index in [1.165, 1.54) is 6.42 Å². The molecule has 0 spiro atoms. The van der Waals surface area contributed by atoms with Crippen molar-refractivity contribution in [2.24, 2.45) is 0 Å². The number of benzene rings is 1. The molecule has 0 amide bonds. The summed E-state index contributed by atoms with van der Waals surface area (Å²) in [5, 5.41) is 0.418. The number of nitrogens with one attached hydrogen (secondary N) is 1. The second-order valence-corrected chi connectivity index (χ2v) is 8.83. The highest BCUT2D eigenvalue weighted by atomic mass is 32.2. The number of carbonyl (C=O) groups excluding carboxylic acids is 1. The van der Waals surface area contributed by atoms with Crippen LogP contribution in [-0.2, 0) is 6.42 Å². The molecule has 0 atom stereocenters. The maximum Gasteiger partial charge on any atom is 0.262 e. The summed E-state index contributed by atoms with van der Waals surface area (Å²) in [6.07, 6.45) is 7.45. The van der Waals surface area contributed by atoms with E-state index in [1.54, 1.807) is 11.8 Å². The number of ketones is 1. The monoisotopic (exact) mass is 420 g/mol. The van der Waals surface area contributed by atoms with Crippen molar-refractivity contribution in [3.8, 4) is 11.1 Å². The van der Waals surface area contributed by atoms with Gasteiger partial charge >= 0.3 is 0 Å². The lowest BCUT2D eigenvalue weighted by Crippen LogP contribution is -2.32. The summed E-state index contributed by atoms with van der Waals surface area (Å²) in [4.78, 5) is 41.9. The predicted molar refractivity (Wildman–Crippen MR) is 121 cm³/mol. The third-order valence-corrected chi connectivity index (χ3v) is 6.79. The number of hydrogen-bond donors (Lipinski definition) is 1. The molecule has 1 aromatic carbocycles. The summed E-state index contributed by atoms with van der Waals surface area (Å²) in [5.41, 5.74) is 3.14. The molecule has 154 valence electrons. The van der Waals surface area contributed by atoms with E-state index in [0.29, 0.717) is 34.5 Å². The molecule has 5 rings (SSSR count). The Morgan fingerprint density at radius 1 is 0.933 bits per heavy atom. The first kappa shape index (κ1) is 19.3. The van der Waals surface area contributed by atoms with Gasteiger partial charge in [0.1, 0.15) is 0 Å². The quantitative estimate of drug-likeness (QED) is 0.639. The Morgan fingerprint density at radius 3 is 2.43 bits per heavy atom. The first-order chi connectivity index (χ1) is 14.7. The van der Waals surface area contributed by atoms with Gasteiger partial charge in [-0.1, -0.05) is 12.1 Å². The van der Waals surface area contributed by atoms with Gasteiger partial charge in [0.2, 0.25) is 5.95 Å². The van der Waals surface area contributed by atoms with Crippen LogP contribution in [0.25, 0.3) is 22.2 Å². The van der Waals surface area contributed by atoms with E-state index in [4.69, 9.17) is 9.97 Å². The van der Waals surface area contributed by atoms with Crippen molar-refractivity contribution in [3.05, 3.63) is 45.9 Å². The number of aryl methyl sites for hydroxylation is 1. The molecule has 0 saturated carbocycles. The minimum atomic E-state index is -0.224. The zero-order valence-corrected chi connectivity index (χ0v) is 17.8. The lowest BCUT2D eigenvalue weighted by Gasteiger charge is -2.27. The normalized spacial score (nSPS) is 16.7. The topological polar surface area (TPSA) is 79.0 Å². The Labute approximate surface area is 179 Å². The van der Waals surface area contributed by atoms with Crippen molar-refractivity contribution in [1.29, 1.82) is 0 Å². The van der Waals surface area contributed by atoms with Crippen LogP contribution in [0.5, 0.6) is 0 Å². The van der Waals surface area contributed by atoms with Crippen LogP contribution in [0, 0.1) is 0 Å². The molecule has 2 aromatic heterocycles. The van der Waals surface area contributed by atoms with Crippen molar-refractivity contribution in [3.63, 3.8) is 0 Å². The molecule has 1 N–H and O–H groups in total. The molecule has 3 aromatic rings. The molecule has 1 fully saturated rings. The van der Waals surface area contributed by atoms with Crippen molar-refractivity contribution in [2.45, 2.75) is 43.4 Å². The molecule has 1 aliphatic heterocycles. The molecule has 30 heavy (non-hydrogen) atoms. The maximum atomic E-state index is 13.3. The number of aromatic amines is 1. The second-order valence-electron chi connectivity index (χ2n) is 7.95. The van der Waals surface area contributed by atoms with Crippen LogP contribution in [0.3, 0.4) is 0 Å². The molecule has 7 heteroatoms. The molecule has 3 heterocycles. The summed E-state index contributed by atoms with van der Waals surface area (Å²) in [5.74, 6) is 0.652. The van der Waals surface area contributed by atoms with Gasteiger partial charge in [0.25, 0.3) is 5.56 Å². The van der Waals surface area contributed by atoms with Gasteiger partial charge in [-0.05, 0) is 56.1 Å². The first-order valence-corrected chi connectivity index (χ1v) is 11.8. The lowest BCUT2D eigenvalue weighted by molar-refractivity contribution is 0.0972. The molecule has 6 nitrogen and oxygen atoms in total. The smallest absolute Gasteiger partial charge is 0.262 e.